The fourth-order valence-electron chi connectivity index (χ4n) is 3.93. The molecule has 10 nitrogen and oxygen atoms in total. The van der Waals surface area contributed by atoms with E-state index < -0.39 is 11.9 Å². The van der Waals surface area contributed by atoms with E-state index in [1.807, 2.05) is 36.4 Å². The van der Waals surface area contributed by atoms with Gasteiger partial charge in [0, 0.05) is 43.0 Å². The zero-order valence-electron chi connectivity index (χ0n) is 18.8. The molecule has 1 atom stereocenters. The molecular formula is C23H25N7O3S. The minimum absolute atomic E-state index is 0.0365. The number of hydrogen-bond acceptors (Lipinski definition) is 8. The Balaban J connectivity index is 1.27. The molecule has 34 heavy (non-hydrogen) atoms. The number of anilines is 2. The Labute approximate surface area is 201 Å². The highest BCUT2D eigenvalue weighted by atomic mass is 32.2. The molecule has 1 saturated heterocycles. The zero-order chi connectivity index (χ0) is 23.5. The Morgan fingerprint density at radius 1 is 1.21 bits per heavy atom. The van der Waals surface area contributed by atoms with Crippen molar-refractivity contribution in [1.29, 1.82) is 0 Å². The van der Waals surface area contributed by atoms with Gasteiger partial charge < -0.3 is 19.9 Å². The van der Waals surface area contributed by atoms with Crippen LogP contribution in [0.25, 0.3) is 0 Å². The summed E-state index contributed by atoms with van der Waals surface area (Å²) in [5.74, 6) is 0.581. The molecule has 1 fully saturated rings. The maximum absolute atomic E-state index is 13.2. The van der Waals surface area contributed by atoms with Crippen molar-refractivity contribution in [2.75, 3.05) is 48.9 Å². The minimum atomic E-state index is -0.706. The van der Waals surface area contributed by atoms with E-state index in [0.717, 1.165) is 35.1 Å². The monoisotopic (exact) mass is 479 g/mol. The van der Waals surface area contributed by atoms with Gasteiger partial charge in [0.05, 0.1) is 25.4 Å². The summed E-state index contributed by atoms with van der Waals surface area (Å²) >= 11 is 1.50. The summed E-state index contributed by atoms with van der Waals surface area (Å²) in [6.45, 7) is 3.35. The number of morpholine rings is 1. The second-order valence-corrected chi connectivity index (χ2v) is 9.16. The first-order chi connectivity index (χ1) is 16.6. The lowest BCUT2D eigenvalue weighted by Crippen LogP contribution is -2.48. The Hall–Kier alpha value is -3.44. The molecule has 2 aromatic heterocycles. The number of amides is 2. The van der Waals surface area contributed by atoms with E-state index in [4.69, 9.17) is 4.74 Å². The zero-order valence-corrected chi connectivity index (χ0v) is 19.6. The van der Waals surface area contributed by atoms with Crippen LogP contribution in [0.1, 0.15) is 16.2 Å². The number of carbonyl (C=O) groups is 2. The molecule has 2 aliphatic heterocycles. The molecule has 0 aliphatic carbocycles. The van der Waals surface area contributed by atoms with Gasteiger partial charge >= 0.3 is 0 Å². The van der Waals surface area contributed by atoms with Crippen molar-refractivity contribution >= 4 is 35.1 Å². The van der Waals surface area contributed by atoms with Gasteiger partial charge in [0.1, 0.15) is 18.2 Å². The molecule has 3 aromatic rings. The molecule has 0 bridgehead atoms. The fraction of sp³-hybridized carbons (Fsp3) is 0.348. The van der Waals surface area contributed by atoms with Crippen LogP contribution in [0, 0.1) is 0 Å². The van der Waals surface area contributed by atoms with E-state index in [1.54, 1.807) is 22.8 Å². The van der Waals surface area contributed by atoms with Gasteiger partial charge in [0.25, 0.3) is 5.91 Å². The van der Waals surface area contributed by atoms with E-state index in [-0.39, 0.29) is 11.7 Å². The number of carbonyl (C=O) groups excluding carboxylic acids is 2. The van der Waals surface area contributed by atoms with E-state index in [2.05, 4.69) is 25.3 Å². The number of thioether (sulfide) groups is 1. The van der Waals surface area contributed by atoms with Gasteiger partial charge in [0.15, 0.2) is 0 Å². The summed E-state index contributed by atoms with van der Waals surface area (Å²) in [6.07, 6.45) is 3.32. The van der Waals surface area contributed by atoms with E-state index in [1.165, 1.54) is 18.1 Å². The molecule has 176 valence electrons. The van der Waals surface area contributed by atoms with Crippen LogP contribution < -0.4 is 15.1 Å². The lowest BCUT2D eigenvalue weighted by molar-refractivity contribution is -0.119. The second-order valence-electron chi connectivity index (χ2n) is 8.10. The first-order valence-corrected chi connectivity index (χ1v) is 12.0. The molecule has 0 radical (unpaired) electrons. The average molecular weight is 480 g/mol. The number of ether oxygens (including phenoxy) is 1. The first-order valence-electron chi connectivity index (χ1n) is 11.1. The highest BCUT2D eigenvalue weighted by molar-refractivity contribution is 7.99. The van der Waals surface area contributed by atoms with E-state index in [9.17, 15) is 9.59 Å². The van der Waals surface area contributed by atoms with E-state index >= 15 is 0 Å². The third-order valence-corrected chi connectivity index (χ3v) is 6.92. The molecule has 4 heterocycles. The van der Waals surface area contributed by atoms with Gasteiger partial charge in [-0.05, 0) is 5.56 Å². The van der Waals surface area contributed by atoms with Gasteiger partial charge in [-0.2, -0.15) is 0 Å². The van der Waals surface area contributed by atoms with Crippen LogP contribution in [-0.4, -0.2) is 76.7 Å². The summed E-state index contributed by atoms with van der Waals surface area (Å²) in [5, 5.41) is 7.09. The number of aromatic nitrogens is 4. The van der Waals surface area contributed by atoms with Crippen molar-refractivity contribution in [2.45, 2.75) is 17.5 Å². The number of pyridine rings is 1. The summed E-state index contributed by atoms with van der Waals surface area (Å²) < 4.78 is 7.03. The molecule has 11 heteroatoms. The van der Waals surface area contributed by atoms with Crippen LogP contribution in [0.3, 0.4) is 0 Å². The highest BCUT2D eigenvalue weighted by Gasteiger charge is 2.31. The number of nitrogens with one attached hydrogen (secondary N) is 1. The summed E-state index contributed by atoms with van der Waals surface area (Å²) in [5.41, 5.74) is 1.84. The molecule has 2 aliphatic rings. The molecular weight excluding hydrogens is 454 g/mol. The predicted molar refractivity (Wildman–Crippen MR) is 128 cm³/mol. The van der Waals surface area contributed by atoms with Crippen LogP contribution in [0.4, 0.5) is 11.5 Å². The summed E-state index contributed by atoms with van der Waals surface area (Å²) in [7, 11) is 1.72. The molecule has 0 unspecified atom stereocenters. The molecule has 1 aromatic carbocycles. The van der Waals surface area contributed by atoms with Crippen LogP contribution in [0.2, 0.25) is 0 Å². The highest BCUT2D eigenvalue weighted by Crippen LogP contribution is 2.35. The van der Waals surface area contributed by atoms with Crippen LogP contribution in [0.15, 0.2) is 53.8 Å². The Kier molecular flexibility index (Phi) is 6.45. The summed E-state index contributed by atoms with van der Waals surface area (Å²) in [4.78, 5) is 39.4. The van der Waals surface area contributed by atoms with Crippen molar-refractivity contribution in [3.8, 4) is 0 Å². The maximum Gasteiger partial charge on any atom is 0.291 e. The lowest BCUT2D eigenvalue weighted by Gasteiger charge is -2.29. The van der Waals surface area contributed by atoms with Crippen molar-refractivity contribution in [3.63, 3.8) is 0 Å². The molecule has 0 saturated carbocycles. The van der Waals surface area contributed by atoms with Crippen LogP contribution in [0.5, 0.6) is 0 Å². The average Bonchev–Trinajstić information content (AvgIpc) is 3.31. The number of rotatable bonds is 5. The molecule has 0 spiro atoms. The molecule has 2 amide bonds. The molecule has 1 N–H and O–H groups in total. The molecule has 5 rings (SSSR count). The van der Waals surface area contributed by atoms with Crippen molar-refractivity contribution in [1.82, 2.24) is 25.1 Å². The number of benzene rings is 1. The minimum Gasteiger partial charge on any atom is -0.378 e. The normalized spacial score (nSPS) is 18.4. The van der Waals surface area contributed by atoms with Crippen LogP contribution >= 0.6 is 11.8 Å². The van der Waals surface area contributed by atoms with Gasteiger partial charge in [-0.25, -0.2) is 14.6 Å². The van der Waals surface area contributed by atoms with E-state index in [0.29, 0.717) is 25.5 Å². The smallest absolute Gasteiger partial charge is 0.291 e. The maximum atomic E-state index is 13.2. The topological polar surface area (TPSA) is 105 Å². The quantitative estimate of drug-likeness (QED) is 0.586. The van der Waals surface area contributed by atoms with Crippen molar-refractivity contribution in [2.24, 2.45) is 0 Å². The fourth-order valence-corrected chi connectivity index (χ4v) is 4.97. The number of nitrogens with zero attached hydrogens (tertiary/aromatic N) is 6. The number of fused-ring (bicyclic) bond motifs is 1. The van der Waals surface area contributed by atoms with Crippen molar-refractivity contribution < 1.29 is 14.3 Å². The van der Waals surface area contributed by atoms with Gasteiger partial charge in [-0.3, -0.25) is 9.59 Å². The third-order valence-electron chi connectivity index (χ3n) is 5.80. The largest absolute Gasteiger partial charge is 0.378 e. The number of likely N-dealkylation sites (N-methyl/N-ethyl adjacent to an activating group) is 1. The standard InChI is InChI=1S/C23H25N7O3S/c1-28-18-11-20(29-7-9-33-10-8-29)24-12-19(18)34-14-17(23(28)32)26-22(31)21-25-15-30(27-21)13-16-5-3-2-4-6-16/h2-6,11-12,15,17H,7-10,13-14H2,1H3,(H,26,31)/t17-/m0/s1. The summed E-state index contributed by atoms with van der Waals surface area (Å²) in [6, 6.07) is 11.0. The van der Waals surface area contributed by atoms with Gasteiger partial charge in [-0.1, -0.05) is 30.3 Å². The van der Waals surface area contributed by atoms with Gasteiger partial charge in [-0.15, -0.1) is 16.9 Å². The van der Waals surface area contributed by atoms with Gasteiger partial charge in [0.2, 0.25) is 11.7 Å². The second kappa shape index (κ2) is 9.82. The lowest BCUT2D eigenvalue weighted by atomic mass is 10.2. The Morgan fingerprint density at radius 2 is 2.00 bits per heavy atom. The Morgan fingerprint density at radius 3 is 2.79 bits per heavy atom. The number of hydrogen-bond donors (Lipinski definition) is 1. The predicted octanol–water partition coefficient (Wildman–Crippen LogP) is 1.43. The SMILES string of the molecule is CN1C(=O)[C@@H](NC(=O)c2ncn(Cc3ccccc3)n2)CSc2cnc(N3CCOCC3)cc21. The van der Waals surface area contributed by atoms with Crippen molar-refractivity contribution in [3.05, 3.63) is 60.3 Å². The first kappa shape index (κ1) is 22.4. The third kappa shape index (κ3) is 4.75. The van der Waals surface area contributed by atoms with Crippen LogP contribution in [-0.2, 0) is 16.1 Å². The Bertz CT molecular complexity index is 1180.